The smallest absolute Gasteiger partial charge is 0.0701 e. The van der Waals surface area contributed by atoms with Crippen LogP contribution >= 0.6 is 0 Å². The van der Waals surface area contributed by atoms with Crippen molar-refractivity contribution in [1.82, 2.24) is 8.80 Å². The molecule has 5 nitrogen and oxygen atoms in total. The Balaban J connectivity index is 0.920. The summed E-state index contributed by atoms with van der Waals surface area (Å²) < 4.78 is 22.1. The van der Waals surface area contributed by atoms with Gasteiger partial charge in [0.25, 0.3) is 0 Å². The lowest BCUT2D eigenvalue weighted by molar-refractivity contribution is 0.0157. The van der Waals surface area contributed by atoms with Crippen molar-refractivity contribution in [2.75, 3.05) is 39.6 Å². The molecule has 4 heterocycles. The first-order chi connectivity index (χ1) is 20.4. The van der Waals surface area contributed by atoms with Gasteiger partial charge in [0.15, 0.2) is 0 Å². The van der Waals surface area contributed by atoms with E-state index in [1.165, 1.54) is 44.4 Å². The molecule has 0 saturated carbocycles. The van der Waals surface area contributed by atoms with E-state index < -0.39 is 0 Å². The minimum atomic E-state index is 0.563. The van der Waals surface area contributed by atoms with Crippen molar-refractivity contribution in [1.29, 1.82) is 0 Å². The molecule has 0 aliphatic carbocycles. The summed E-state index contributed by atoms with van der Waals surface area (Å²) in [5, 5.41) is 0. The number of aromatic nitrogens is 2. The van der Waals surface area contributed by atoms with Crippen LogP contribution in [0.1, 0.15) is 11.1 Å². The first-order valence-corrected chi connectivity index (χ1v) is 14.4. The van der Waals surface area contributed by atoms with Gasteiger partial charge in [0.1, 0.15) is 0 Å². The molecular weight excluding hydrogens is 508 g/mol. The first-order valence-electron chi connectivity index (χ1n) is 14.4. The van der Waals surface area contributed by atoms with E-state index >= 15 is 0 Å². The van der Waals surface area contributed by atoms with Crippen molar-refractivity contribution >= 4 is 11.0 Å². The highest BCUT2D eigenvalue weighted by Crippen LogP contribution is 2.30. The van der Waals surface area contributed by atoms with Crippen LogP contribution in [0.25, 0.3) is 33.3 Å². The molecule has 0 fully saturated rings. The van der Waals surface area contributed by atoms with Crippen molar-refractivity contribution in [2.24, 2.45) is 0 Å². The normalized spacial score (nSPS) is 11.5. The van der Waals surface area contributed by atoms with Crippen LogP contribution in [-0.2, 0) is 27.1 Å². The number of nitrogens with zero attached hydrogens (tertiary/aromatic N) is 2. The van der Waals surface area contributed by atoms with E-state index in [1.54, 1.807) is 0 Å². The molecule has 5 heteroatoms. The Labute approximate surface area is 241 Å². The van der Waals surface area contributed by atoms with Crippen molar-refractivity contribution < 1.29 is 14.2 Å². The van der Waals surface area contributed by atoms with E-state index in [9.17, 15) is 0 Å². The molecule has 0 aliphatic heterocycles. The summed E-state index contributed by atoms with van der Waals surface area (Å²) in [5.41, 5.74) is 10.1. The molecule has 0 radical (unpaired) electrons. The summed E-state index contributed by atoms with van der Waals surface area (Å²) in [5.74, 6) is 0. The molecule has 6 aromatic rings. The molecule has 0 atom stereocenters. The Kier molecular flexibility index (Phi) is 8.88. The number of fused-ring (bicyclic) bond motifs is 2. The van der Waals surface area contributed by atoms with Crippen molar-refractivity contribution in [3.8, 4) is 22.3 Å². The maximum Gasteiger partial charge on any atom is 0.0701 e. The van der Waals surface area contributed by atoms with Gasteiger partial charge in [-0.15, -0.1) is 0 Å². The van der Waals surface area contributed by atoms with Crippen LogP contribution in [0.15, 0.2) is 122 Å². The number of hydrogen-bond acceptors (Lipinski definition) is 3. The van der Waals surface area contributed by atoms with Gasteiger partial charge in [0, 0.05) is 46.9 Å². The average Bonchev–Trinajstić information content (AvgIpc) is 3.59. The second-order valence-corrected chi connectivity index (χ2v) is 10.1. The third-order valence-electron chi connectivity index (χ3n) is 7.49. The topological polar surface area (TPSA) is 36.5 Å². The zero-order valence-electron chi connectivity index (χ0n) is 23.3. The van der Waals surface area contributed by atoms with Gasteiger partial charge in [-0.2, -0.15) is 0 Å². The summed E-state index contributed by atoms with van der Waals surface area (Å²) in [6.45, 7) is 3.59. The van der Waals surface area contributed by atoms with Gasteiger partial charge in [-0.25, -0.2) is 0 Å². The maximum absolute atomic E-state index is 5.94. The molecule has 41 heavy (non-hydrogen) atoms. The number of pyridine rings is 2. The van der Waals surface area contributed by atoms with Crippen molar-refractivity contribution in [3.63, 3.8) is 0 Å². The van der Waals surface area contributed by atoms with E-state index in [0.717, 1.165) is 12.8 Å². The Morgan fingerprint density at radius 1 is 0.415 bits per heavy atom. The monoisotopic (exact) mass is 544 g/mol. The minimum Gasteiger partial charge on any atom is -0.379 e. The average molecular weight is 545 g/mol. The molecule has 0 saturated heterocycles. The molecule has 2 aromatic carbocycles. The van der Waals surface area contributed by atoms with E-state index in [4.69, 9.17) is 14.2 Å². The Morgan fingerprint density at radius 3 is 1.24 bits per heavy atom. The lowest BCUT2D eigenvalue weighted by Crippen LogP contribution is -2.11. The van der Waals surface area contributed by atoms with Crippen LogP contribution in [0.5, 0.6) is 0 Å². The predicted octanol–water partition coefficient (Wildman–Crippen LogP) is 7.36. The van der Waals surface area contributed by atoms with Crippen molar-refractivity contribution in [3.05, 3.63) is 133 Å². The second-order valence-electron chi connectivity index (χ2n) is 10.1. The third-order valence-corrected chi connectivity index (χ3v) is 7.49. The third kappa shape index (κ3) is 6.44. The number of rotatable bonds is 14. The van der Waals surface area contributed by atoms with Gasteiger partial charge in [-0.05, 0) is 59.4 Å². The molecule has 4 aromatic heterocycles. The molecule has 0 amide bonds. The fourth-order valence-corrected chi connectivity index (χ4v) is 5.51. The van der Waals surface area contributed by atoms with Crippen LogP contribution < -0.4 is 0 Å². The van der Waals surface area contributed by atoms with Crippen LogP contribution in [0.2, 0.25) is 0 Å². The molecule has 6 rings (SSSR count). The summed E-state index contributed by atoms with van der Waals surface area (Å²) in [4.78, 5) is 0. The summed E-state index contributed by atoms with van der Waals surface area (Å²) in [6.07, 6.45) is 10.3. The Bertz CT molecular complexity index is 1550. The second kappa shape index (κ2) is 13.5. The minimum absolute atomic E-state index is 0.563. The Morgan fingerprint density at radius 2 is 0.805 bits per heavy atom. The zero-order chi connectivity index (χ0) is 27.7. The lowest BCUT2D eigenvalue weighted by Gasteiger charge is -2.09. The largest absolute Gasteiger partial charge is 0.379 e. The SMILES string of the molecule is c1ccc(-c2cn3ccccc3c2CCOCCOCCOCCc2c(-c3ccccc3)cn3ccccc23)cc1. The first kappa shape index (κ1) is 27.0. The predicted molar refractivity (Wildman–Crippen MR) is 166 cm³/mol. The molecule has 0 unspecified atom stereocenters. The molecule has 0 N–H and O–H groups in total. The van der Waals surface area contributed by atoms with Gasteiger partial charge in [-0.3, -0.25) is 0 Å². The van der Waals surface area contributed by atoms with Crippen LogP contribution in [0, 0.1) is 0 Å². The quantitative estimate of drug-likeness (QED) is 0.134. The fourth-order valence-electron chi connectivity index (χ4n) is 5.51. The van der Waals surface area contributed by atoms with Gasteiger partial charge < -0.3 is 23.0 Å². The summed E-state index contributed by atoms with van der Waals surface area (Å²) in [6, 6.07) is 33.8. The summed E-state index contributed by atoms with van der Waals surface area (Å²) in [7, 11) is 0. The highest BCUT2D eigenvalue weighted by atomic mass is 16.5. The molecular formula is C36H36N2O3. The van der Waals surface area contributed by atoms with Crippen LogP contribution in [0.3, 0.4) is 0 Å². The van der Waals surface area contributed by atoms with Crippen LogP contribution in [-0.4, -0.2) is 48.4 Å². The molecule has 0 spiro atoms. The van der Waals surface area contributed by atoms with E-state index in [0.29, 0.717) is 39.6 Å². The highest BCUT2D eigenvalue weighted by molar-refractivity contribution is 5.77. The number of hydrogen-bond donors (Lipinski definition) is 0. The standard InChI is InChI=1S/C36H36N2O3/c1-3-11-29(12-4-1)33-27-37-19-9-7-15-35(37)31(33)17-21-39-23-25-41-26-24-40-22-18-32-34(30-13-5-2-6-14-30)28-38-20-10-8-16-36(32)38/h1-16,19-20,27-28H,17-18,21-26H2. The number of benzene rings is 2. The Hall–Kier alpha value is -4.16. The van der Waals surface area contributed by atoms with Gasteiger partial charge in [0.2, 0.25) is 0 Å². The molecule has 0 bridgehead atoms. The maximum atomic E-state index is 5.94. The number of ether oxygens (including phenoxy) is 3. The van der Waals surface area contributed by atoms with Gasteiger partial charge in [0.05, 0.1) is 39.6 Å². The van der Waals surface area contributed by atoms with E-state index in [1.807, 2.05) is 0 Å². The fraction of sp³-hybridized carbons (Fsp3) is 0.222. The van der Waals surface area contributed by atoms with Crippen molar-refractivity contribution in [2.45, 2.75) is 12.8 Å². The van der Waals surface area contributed by atoms with Gasteiger partial charge in [-0.1, -0.05) is 72.8 Å². The van der Waals surface area contributed by atoms with E-state index in [-0.39, 0.29) is 0 Å². The van der Waals surface area contributed by atoms with Gasteiger partial charge >= 0.3 is 0 Å². The van der Waals surface area contributed by atoms with Crippen LogP contribution in [0.4, 0.5) is 0 Å². The lowest BCUT2D eigenvalue weighted by atomic mass is 10.0. The molecule has 208 valence electrons. The van der Waals surface area contributed by atoms with E-state index in [2.05, 4.69) is 131 Å². The summed E-state index contributed by atoms with van der Waals surface area (Å²) >= 11 is 0. The zero-order valence-corrected chi connectivity index (χ0v) is 23.3. The molecule has 0 aliphatic rings. The highest BCUT2D eigenvalue weighted by Gasteiger charge is 2.13.